The first kappa shape index (κ1) is 10.5. The van der Waals surface area contributed by atoms with E-state index in [0.717, 1.165) is 31.2 Å². The Kier molecular flexibility index (Phi) is 2.48. The summed E-state index contributed by atoms with van der Waals surface area (Å²) in [5.41, 5.74) is 2.14. The molecule has 0 spiro atoms. The van der Waals surface area contributed by atoms with E-state index in [9.17, 15) is 0 Å². The molecule has 5 nitrogen and oxygen atoms in total. The smallest absolute Gasteiger partial charge is 0.245 e. The lowest BCUT2D eigenvalue weighted by Gasteiger charge is -2.30. The Labute approximate surface area is 100 Å². The number of aryl methyl sites for hydroxylation is 1. The molecule has 1 fully saturated rings. The van der Waals surface area contributed by atoms with Crippen molar-refractivity contribution in [1.82, 2.24) is 19.9 Å². The molecule has 2 aromatic heterocycles. The van der Waals surface area contributed by atoms with Crippen LogP contribution in [0.1, 0.15) is 12.5 Å². The molecular formula is C12H17N5. The van der Waals surface area contributed by atoms with Gasteiger partial charge in [0.2, 0.25) is 5.95 Å². The van der Waals surface area contributed by atoms with E-state index in [4.69, 9.17) is 0 Å². The van der Waals surface area contributed by atoms with Crippen molar-refractivity contribution >= 4 is 11.6 Å². The lowest BCUT2D eigenvalue weighted by molar-refractivity contribution is 0.479. The fourth-order valence-electron chi connectivity index (χ4n) is 2.22. The second-order valence-electron chi connectivity index (χ2n) is 4.72. The molecule has 17 heavy (non-hydrogen) atoms. The number of nitrogens with zero attached hydrogens (tertiary/aromatic N) is 4. The summed E-state index contributed by atoms with van der Waals surface area (Å²) in [6.45, 7) is 7.19. The molecule has 2 aromatic rings. The van der Waals surface area contributed by atoms with Crippen molar-refractivity contribution in [2.45, 2.75) is 19.9 Å². The second kappa shape index (κ2) is 4.00. The van der Waals surface area contributed by atoms with Crippen LogP contribution in [0.5, 0.6) is 0 Å². The van der Waals surface area contributed by atoms with Gasteiger partial charge in [-0.1, -0.05) is 0 Å². The highest BCUT2D eigenvalue weighted by atomic mass is 15.4. The first-order chi connectivity index (χ1) is 8.22. The van der Waals surface area contributed by atoms with Crippen molar-refractivity contribution < 1.29 is 0 Å². The summed E-state index contributed by atoms with van der Waals surface area (Å²) in [4.78, 5) is 6.82. The van der Waals surface area contributed by atoms with Crippen molar-refractivity contribution in [2.75, 3.05) is 24.5 Å². The zero-order valence-corrected chi connectivity index (χ0v) is 10.2. The number of piperazine rings is 1. The van der Waals surface area contributed by atoms with Gasteiger partial charge in [-0.15, -0.1) is 5.10 Å². The molecule has 0 bridgehead atoms. The predicted octanol–water partition coefficient (Wildman–Crippen LogP) is 0.836. The third-order valence-electron chi connectivity index (χ3n) is 3.13. The fourth-order valence-corrected chi connectivity index (χ4v) is 2.22. The van der Waals surface area contributed by atoms with Crippen molar-refractivity contribution in [3.8, 4) is 0 Å². The summed E-state index contributed by atoms with van der Waals surface area (Å²) in [6, 6.07) is 4.60. The van der Waals surface area contributed by atoms with E-state index >= 15 is 0 Å². The van der Waals surface area contributed by atoms with E-state index in [1.807, 2.05) is 16.8 Å². The maximum Gasteiger partial charge on any atom is 0.245 e. The number of hydrogen-bond donors (Lipinski definition) is 1. The summed E-state index contributed by atoms with van der Waals surface area (Å²) in [5, 5.41) is 7.94. The minimum absolute atomic E-state index is 0.497. The standard InChI is InChI=1S/C12H17N5/c1-9-3-5-17-11(7-9)14-12(15-17)16-6-4-13-10(2)8-16/h3,5,7,10,13H,4,6,8H2,1-2H3/t10-/m1/s1. The topological polar surface area (TPSA) is 45.5 Å². The normalized spacial score (nSPS) is 21.1. The molecule has 1 aliphatic rings. The molecule has 90 valence electrons. The Hall–Kier alpha value is -1.62. The molecule has 3 rings (SSSR count). The van der Waals surface area contributed by atoms with Gasteiger partial charge < -0.3 is 10.2 Å². The molecule has 0 amide bonds. The van der Waals surface area contributed by atoms with Gasteiger partial charge in [-0.2, -0.15) is 4.98 Å². The number of aromatic nitrogens is 3. The maximum absolute atomic E-state index is 4.58. The summed E-state index contributed by atoms with van der Waals surface area (Å²) in [6.07, 6.45) is 1.97. The van der Waals surface area contributed by atoms with Gasteiger partial charge >= 0.3 is 0 Å². The number of anilines is 1. The SMILES string of the molecule is Cc1ccn2nc(N3CCN[C@H](C)C3)nc2c1. The summed E-state index contributed by atoms with van der Waals surface area (Å²) in [7, 11) is 0. The molecular weight excluding hydrogens is 214 g/mol. The highest BCUT2D eigenvalue weighted by Gasteiger charge is 2.19. The molecule has 1 atom stereocenters. The van der Waals surface area contributed by atoms with E-state index in [2.05, 4.69) is 40.2 Å². The van der Waals surface area contributed by atoms with Crippen LogP contribution >= 0.6 is 0 Å². The maximum atomic E-state index is 4.58. The molecule has 0 saturated carbocycles. The molecule has 0 aliphatic carbocycles. The number of hydrogen-bond acceptors (Lipinski definition) is 4. The molecule has 5 heteroatoms. The first-order valence-electron chi connectivity index (χ1n) is 6.04. The molecule has 3 heterocycles. The number of nitrogens with one attached hydrogen (secondary N) is 1. The van der Waals surface area contributed by atoms with Gasteiger partial charge in [0.05, 0.1) is 0 Å². The highest BCUT2D eigenvalue weighted by molar-refractivity contribution is 5.46. The van der Waals surface area contributed by atoms with Crippen LogP contribution in [0.3, 0.4) is 0 Å². The van der Waals surface area contributed by atoms with Crippen LogP contribution in [-0.2, 0) is 0 Å². The lowest BCUT2D eigenvalue weighted by atomic mass is 10.2. The van der Waals surface area contributed by atoms with Gasteiger partial charge in [0, 0.05) is 31.9 Å². The lowest BCUT2D eigenvalue weighted by Crippen LogP contribution is -2.49. The van der Waals surface area contributed by atoms with Crippen LogP contribution in [-0.4, -0.2) is 40.3 Å². The van der Waals surface area contributed by atoms with Gasteiger partial charge in [-0.05, 0) is 31.5 Å². The van der Waals surface area contributed by atoms with Gasteiger partial charge in [-0.25, -0.2) is 4.52 Å². The Morgan fingerprint density at radius 2 is 2.35 bits per heavy atom. The largest absolute Gasteiger partial charge is 0.337 e. The minimum Gasteiger partial charge on any atom is -0.337 e. The van der Waals surface area contributed by atoms with Crippen LogP contribution in [0.15, 0.2) is 18.3 Å². The minimum atomic E-state index is 0.497. The fraction of sp³-hybridized carbons (Fsp3) is 0.500. The predicted molar refractivity (Wildman–Crippen MR) is 67.4 cm³/mol. The van der Waals surface area contributed by atoms with Crippen LogP contribution in [0.4, 0.5) is 5.95 Å². The van der Waals surface area contributed by atoms with E-state index in [-0.39, 0.29) is 0 Å². The zero-order valence-electron chi connectivity index (χ0n) is 10.2. The number of pyridine rings is 1. The van der Waals surface area contributed by atoms with Crippen LogP contribution in [0, 0.1) is 6.92 Å². The average molecular weight is 231 g/mol. The summed E-state index contributed by atoms with van der Waals surface area (Å²) < 4.78 is 1.84. The van der Waals surface area contributed by atoms with Crippen LogP contribution in [0.2, 0.25) is 0 Å². The number of fused-ring (bicyclic) bond motifs is 1. The Balaban J connectivity index is 1.94. The van der Waals surface area contributed by atoms with Crippen LogP contribution < -0.4 is 10.2 Å². The van der Waals surface area contributed by atoms with Gasteiger partial charge in [-0.3, -0.25) is 0 Å². The summed E-state index contributed by atoms with van der Waals surface area (Å²) >= 11 is 0. The third-order valence-corrected chi connectivity index (χ3v) is 3.13. The number of rotatable bonds is 1. The third kappa shape index (κ3) is 1.98. The Morgan fingerprint density at radius 3 is 3.18 bits per heavy atom. The van der Waals surface area contributed by atoms with E-state index < -0.39 is 0 Å². The second-order valence-corrected chi connectivity index (χ2v) is 4.72. The zero-order chi connectivity index (χ0) is 11.8. The Bertz CT molecular complexity index is 533. The van der Waals surface area contributed by atoms with E-state index in [0.29, 0.717) is 6.04 Å². The van der Waals surface area contributed by atoms with Gasteiger partial charge in [0.15, 0.2) is 5.65 Å². The van der Waals surface area contributed by atoms with E-state index in [1.165, 1.54) is 5.56 Å². The van der Waals surface area contributed by atoms with Crippen molar-refractivity contribution in [3.63, 3.8) is 0 Å². The molecule has 1 saturated heterocycles. The molecule has 0 radical (unpaired) electrons. The molecule has 0 unspecified atom stereocenters. The van der Waals surface area contributed by atoms with Crippen LogP contribution in [0.25, 0.3) is 5.65 Å². The van der Waals surface area contributed by atoms with Crippen molar-refractivity contribution in [2.24, 2.45) is 0 Å². The highest BCUT2D eigenvalue weighted by Crippen LogP contribution is 2.13. The monoisotopic (exact) mass is 231 g/mol. The van der Waals surface area contributed by atoms with E-state index in [1.54, 1.807) is 0 Å². The first-order valence-corrected chi connectivity index (χ1v) is 6.04. The molecule has 0 aromatic carbocycles. The van der Waals surface area contributed by atoms with Crippen molar-refractivity contribution in [3.05, 3.63) is 23.9 Å². The molecule has 1 aliphatic heterocycles. The quantitative estimate of drug-likeness (QED) is 0.790. The van der Waals surface area contributed by atoms with Gasteiger partial charge in [0.1, 0.15) is 0 Å². The van der Waals surface area contributed by atoms with Gasteiger partial charge in [0.25, 0.3) is 0 Å². The Morgan fingerprint density at radius 1 is 1.47 bits per heavy atom. The summed E-state index contributed by atoms with van der Waals surface area (Å²) in [5.74, 6) is 0.837. The average Bonchev–Trinajstić information content (AvgIpc) is 2.72. The van der Waals surface area contributed by atoms with Crippen molar-refractivity contribution in [1.29, 1.82) is 0 Å². The molecule has 1 N–H and O–H groups in total.